The fourth-order valence-electron chi connectivity index (χ4n) is 4.10. The summed E-state index contributed by atoms with van der Waals surface area (Å²) in [7, 11) is 1.92. The molecule has 4 rings (SSSR count). The van der Waals surface area contributed by atoms with Crippen molar-refractivity contribution >= 4 is 5.91 Å². The molecule has 1 unspecified atom stereocenters. The van der Waals surface area contributed by atoms with E-state index in [0.29, 0.717) is 0 Å². The van der Waals surface area contributed by atoms with E-state index in [0.717, 1.165) is 43.7 Å². The molecule has 4 heteroatoms. The molecule has 0 aliphatic carbocycles. The predicted molar refractivity (Wildman–Crippen MR) is 116 cm³/mol. The molecule has 1 amide bonds. The summed E-state index contributed by atoms with van der Waals surface area (Å²) in [5, 5.41) is 0. The van der Waals surface area contributed by atoms with Crippen LogP contribution in [-0.4, -0.2) is 47.4 Å². The molecule has 2 aromatic carbocycles. The first-order valence-electron chi connectivity index (χ1n) is 10.2. The summed E-state index contributed by atoms with van der Waals surface area (Å²) in [6, 6.07) is 22.9. The van der Waals surface area contributed by atoms with Crippen LogP contribution in [0.1, 0.15) is 11.1 Å². The van der Waals surface area contributed by atoms with Gasteiger partial charge in [0.1, 0.15) is 0 Å². The van der Waals surface area contributed by atoms with Gasteiger partial charge in [-0.3, -0.25) is 14.7 Å². The zero-order valence-electron chi connectivity index (χ0n) is 16.9. The van der Waals surface area contributed by atoms with Crippen LogP contribution in [0.15, 0.2) is 79.1 Å². The normalized spacial score (nSPS) is 17.9. The van der Waals surface area contributed by atoms with Crippen LogP contribution in [0.25, 0.3) is 11.1 Å². The van der Waals surface area contributed by atoms with Crippen molar-refractivity contribution in [3.05, 3.63) is 90.3 Å². The standard InChI is InChI=1S/C25H27N3O/c1-27-14-15-28(18-20-8-3-2-4-9-20)19-23(25(27)29)16-21-10-5-6-12-24(21)22-11-7-13-26-17-22/h2-13,17,23H,14-16,18-19H2,1H3. The van der Waals surface area contributed by atoms with Crippen molar-refractivity contribution in [2.75, 3.05) is 26.7 Å². The van der Waals surface area contributed by atoms with E-state index >= 15 is 0 Å². The van der Waals surface area contributed by atoms with E-state index < -0.39 is 0 Å². The number of hydrogen-bond donors (Lipinski definition) is 0. The maximum absolute atomic E-state index is 13.1. The molecule has 0 saturated carbocycles. The van der Waals surface area contributed by atoms with E-state index in [1.165, 1.54) is 11.1 Å². The molecule has 0 radical (unpaired) electrons. The van der Waals surface area contributed by atoms with E-state index in [9.17, 15) is 4.79 Å². The molecule has 1 aliphatic heterocycles. The SMILES string of the molecule is CN1CCN(Cc2ccccc2)CC(Cc2ccccc2-c2cccnc2)C1=O. The maximum Gasteiger partial charge on any atom is 0.227 e. The van der Waals surface area contributed by atoms with Gasteiger partial charge in [0.15, 0.2) is 0 Å². The Morgan fingerprint density at radius 3 is 2.55 bits per heavy atom. The smallest absolute Gasteiger partial charge is 0.227 e. The third kappa shape index (κ3) is 4.72. The van der Waals surface area contributed by atoms with Crippen LogP contribution in [0.2, 0.25) is 0 Å². The molecule has 0 N–H and O–H groups in total. The van der Waals surface area contributed by atoms with Crippen LogP contribution in [0.4, 0.5) is 0 Å². The van der Waals surface area contributed by atoms with Crippen molar-refractivity contribution in [1.29, 1.82) is 0 Å². The number of carbonyl (C=O) groups excluding carboxylic acids is 1. The molecule has 1 aromatic heterocycles. The summed E-state index contributed by atoms with van der Waals surface area (Å²) in [6.07, 6.45) is 4.42. The molecule has 1 atom stereocenters. The van der Waals surface area contributed by atoms with Crippen molar-refractivity contribution in [3.63, 3.8) is 0 Å². The zero-order chi connectivity index (χ0) is 20.1. The molecule has 148 valence electrons. The average Bonchev–Trinajstić information content (AvgIpc) is 2.89. The minimum absolute atomic E-state index is 0.0518. The fraction of sp³-hybridized carbons (Fsp3) is 0.280. The van der Waals surface area contributed by atoms with Gasteiger partial charge < -0.3 is 4.90 Å². The first-order chi connectivity index (χ1) is 14.2. The summed E-state index contributed by atoms with van der Waals surface area (Å²) in [5.41, 5.74) is 4.75. The molecule has 3 aromatic rings. The number of aromatic nitrogens is 1. The molecule has 4 nitrogen and oxygen atoms in total. The Hall–Kier alpha value is -2.98. The highest BCUT2D eigenvalue weighted by molar-refractivity contribution is 5.80. The van der Waals surface area contributed by atoms with Crippen molar-refractivity contribution in [2.45, 2.75) is 13.0 Å². The van der Waals surface area contributed by atoms with Gasteiger partial charge in [-0.05, 0) is 29.2 Å². The number of nitrogens with zero attached hydrogens (tertiary/aromatic N) is 3. The zero-order valence-corrected chi connectivity index (χ0v) is 16.9. The van der Waals surface area contributed by atoms with Gasteiger partial charge in [-0.15, -0.1) is 0 Å². The highest BCUT2D eigenvalue weighted by Gasteiger charge is 2.29. The molecule has 0 bridgehead atoms. The second kappa shape index (κ2) is 9.01. The molecule has 1 fully saturated rings. The number of amides is 1. The summed E-state index contributed by atoms with van der Waals surface area (Å²) in [5.74, 6) is 0.186. The molecule has 1 saturated heterocycles. The third-order valence-corrected chi connectivity index (χ3v) is 5.66. The van der Waals surface area contributed by atoms with Crippen LogP contribution in [0.5, 0.6) is 0 Å². The Balaban J connectivity index is 1.57. The molecular weight excluding hydrogens is 358 g/mol. The summed E-state index contributed by atoms with van der Waals surface area (Å²) < 4.78 is 0. The lowest BCUT2D eigenvalue weighted by Gasteiger charge is -2.24. The Kier molecular flexibility index (Phi) is 6.01. The van der Waals surface area contributed by atoms with Gasteiger partial charge in [0.05, 0.1) is 5.92 Å². The number of pyridine rings is 1. The minimum atomic E-state index is -0.0518. The third-order valence-electron chi connectivity index (χ3n) is 5.66. The van der Waals surface area contributed by atoms with Crippen LogP contribution in [0.3, 0.4) is 0 Å². The predicted octanol–water partition coefficient (Wildman–Crippen LogP) is 3.88. The van der Waals surface area contributed by atoms with Gasteiger partial charge in [0.25, 0.3) is 0 Å². The first kappa shape index (κ1) is 19.3. The number of carbonyl (C=O) groups is 1. The topological polar surface area (TPSA) is 36.4 Å². The first-order valence-corrected chi connectivity index (χ1v) is 10.2. The molecule has 1 aliphatic rings. The van der Waals surface area contributed by atoms with Crippen molar-refractivity contribution in [2.24, 2.45) is 5.92 Å². The van der Waals surface area contributed by atoms with Crippen LogP contribution in [0, 0.1) is 5.92 Å². The number of likely N-dealkylation sites (N-methyl/N-ethyl adjacent to an activating group) is 1. The van der Waals surface area contributed by atoms with Gasteiger partial charge in [-0.1, -0.05) is 60.7 Å². The van der Waals surface area contributed by atoms with Crippen molar-refractivity contribution in [3.8, 4) is 11.1 Å². The largest absolute Gasteiger partial charge is 0.344 e. The van der Waals surface area contributed by atoms with Crippen LogP contribution >= 0.6 is 0 Å². The van der Waals surface area contributed by atoms with Gasteiger partial charge in [-0.25, -0.2) is 0 Å². The minimum Gasteiger partial charge on any atom is -0.344 e. The lowest BCUT2D eigenvalue weighted by atomic mass is 9.91. The Labute approximate surface area is 172 Å². The number of rotatable bonds is 5. The summed E-state index contributed by atoms with van der Waals surface area (Å²) >= 11 is 0. The van der Waals surface area contributed by atoms with Gasteiger partial charge in [0.2, 0.25) is 5.91 Å². The van der Waals surface area contributed by atoms with E-state index in [-0.39, 0.29) is 11.8 Å². The van der Waals surface area contributed by atoms with Crippen molar-refractivity contribution in [1.82, 2.24) is 14.8 Å². The number of benzene rings is 2. The lowest BCUT2D eigenvalue weighted by molar-refractivity contribution is -0.133. The second-order valence-electron chi connectivity index (χ2n) is 7.78. The highest BCUT2D eigenvalue weighted by Crippen LogP contribution is 2.26. The quantitative estimate of drug-likeness (QED) is 0.669. The van der Waals surface area contributed by atoms with E-state index in [1.54, 1.807) is 6.20 Å². The van der Waals surface area contributed by atoms with Gasteiger partial charge in [0, 0.05) is 51.2 Å². The average molecular weight is 386 g/mol. The Bertz CT molecular complexity index is 943. The molecular formula is C25H27N3O. The van der Waals surface area contributed by atoms with E-state index in [1.807, 2.05) is 30.3 Å². The van der Waals surface area contributed by atoms with Crippen molar-refractivity contribution < 1.29 is 4.79 Å². The summed E-state index contributed by atoms with van der Waals surface area (Å²) in [4.78, 5) is 21.7. The van der Waals surface area contributed by atoms with Gasteiger partial charge in [-0.2, -0.15) is 0 Å². The molecule has 0 spiro atoms. The number of hydrogen-bond acceptors (Lipinski definition) is 3. The second-order valence-corrected chi connectivity index (χ2v) is 7.78. The fourth-order valence-corrected chi connectivity index (χ4v) is 4.10. The van der Waals surface area contributed by atoms with Gasteiger partial charge >= 0.3 is 0 Å². The van der Waals surface area contributed by atoms with E-state index in [4.69, 9.17) is 0 Å². The molecule has 29 heavy (non-hydrogen) atoms. The maximum atomic E-state index is 13.1. The highest BCUT2D eigenvalue weighted by atomic mass is 16.2. The lowest BCUT2D eigenvalue weighted by Crippen LogP contribution is -2.34. The Morgan fingerprint density at radius 2 is 1.76 bits per heavy atom. The monoisotopic (exact) mass is 385 g/mol. The Morgan fingerprint density at radius 1 is 0.966 bits per heavy atom. The summed E-state index contributed by atoms with van der Waals surface area (Å²) in [6.45, 7) is 3.33. The van der Waals surface area contributed by atoms with Crippen LogP contribution in [-0.2, 0) is 17.8 Å². The van der Waals surface area contributed by atoms with E-state index in [2.05, 4.69) is 64.5 Å². The molecule has 2 heterocycles. The van der Waals surface area contributed by atoms with Crippen LogP contribution < -0.4 is 0 Å².